The summed E-state index contributed by atoms with van der Waals surface area (Å²) in [6.07, 6.45) is 1.64. The summed E-state index contributed by atoms with van der Waals surface area (Å²) >= 11 is 0. The van der Waals surface area contributed by atoms with Gasteiger partial charge in [-0.25, -0.2) is 0 Å². The number of nitrogens with one attached hydrogen (secondary N) is 2. The van der Waals surface area contributed by atoms with Gasteiger partial charge in [-0.2, -0.15) is 5.10 Å². The highest BCUT2D eigenvalue weighted by Crippen LogP contribution is 2.18. The quantitative estimate of drug-likeness (QED) is 0.702. The van der Waals surface area contributed by atoms with E-state index in [-0.39, 0.29) is 11.6 Å². The van der Waals surface area contributed by atoms with Crippen LogP contribution in [0.2, 0.25) is 0 Å². The van der Waals surface area contributed by atoms with Crippen molar-refractivity contribution < 1.29 is 14.3 Å². The van der Waals surface area contributed by atoms with Gasteiger partial charge in [0.05, 0.1) is 12.8 Å². The molecule has 0 unspecified atom stereocenters. The van der Waals surface area contributed by atoms with Gasteiger partial charge >= 0.3 is 0 Å². The first kappa shape index (κ1) is 18.2. The van der Waals surface area contributed by atoms with Crippen LogP contribution in [0.5, 0.6) is 5.75 Å². The summed E-state index contributed by atoms with van der Waals surface area (Å²) in [5.41, 5.74) is 1.61. The van der Waals surface area contributed by atoms with E-state index in [0.29, 0.717) is 29.2 Å². The van der Waals surface area contributed by atoms with Crippen molar-refractivity contribution in [3.8, 4) is 5.75 Å². The van der Waals surface area contributed by atoms with Crippen LogP contribution >= 0.6 is 0 Å². The first-order valence-corrected chi connectivity index (χ1v) is 8.50. The minimum Gasteiger partial charge on any atom is -0.497 e. The molecule has 0 aliphatic rings. The number of amides is 2. The van der Waals surface area contributed by atoms with Crippen molar-refractivity contribution in [2.45, 2.75) is 13.5 Å². The van der Waals surface area contributed by atoms with Gasteiger partial charge in [0, 0.05) is 24.0 Å². The maximum absolute atomic E-state index is 12.6. The summed E-state index contributed by atoms with van der Waals surface area (Å²) in [7, 11) is 1.56. The smallest absolute Gasteiger partial charge is 0.278 e. The Kier molecular flexibility index (Phi) is 5.51. The monoisotopic (exact) mass is 364 g/mol. The number of rotatable bonds is 6. The van der Waals surface area contributed by atoms with E-state index in [4.69, 9.17) is 4.74 Å². The number of aromatic nitrogens is 2. The molecule has 0 spiro atoms. The second kappa shape index (κ2) is 8.18. The molecule has 2 N–H and O–H groups in total. The number of hydrogen-bond acceptors (Lipinski definition) is 4. The molecule has 27 heavy (non-hydrogen) atoms. The SMILES string of the molecule is CCn1cc(NC(=O)c2ccc(OC)cc2)c(C(=O)Nc2ccccc2)n1. The largest absolute Gasteiger partial charge is 0.497 e. The van der Waals surface area contributed by atoms with Gasteiger partial charge in [0.1, 0.15) is 5.75 Å². The zero-order chi connectivity index (χ0) is 19.2. The Bertz CT molecular complexity index is 934. The molecular formula is C20H20N4O3. The number of carbonyl (C=O) groups is 2. The van der Waals surface area contributed by atoms with Crippen LogP contribution in [-0.4, -0.2) is 28.7 Å². The molecule has 0 aliphatic heterocycles. The highest BCUT2D eigenvalue weighted by Gasteiger charge is 2.19. The second-order valence-electron chi connectivity index (χ2n) is 5.75. The first-order chi connectivity index (χ1) is 13.1. The van der Waals surface area contributed by atoms with E-state index < -0.39 is 5.91 Å². The van der Waals surface area contributed by atoms with Crippen LogP contribution in [0.1, 0.15) is 27.8 Å². The highest BCUT2D eigenvalue weighted by molar-refractivity contribution is 6.11. The van der Waals surface area contributed by atoms with Crippen molar-refractivity contribution in [1.29, 1.82) is 0 Å². The van der Waals surface area contributed by atoms with Crippen LogP contribution in [0.15, 0.2) is 60.8 Å². The summed E-state index contributed by atoms with van der Waals surface area (Å²) in [5, 5.41) is 9.81. The fourth-order valence-corrected chi connectivity index (χ4v) is 2.49. The summed E-state index contributed by atoms with van der Waals surface area (Å²) in [5.74, 6) is -0.0613. The normalized spacial score (nSPS) is 10.3. The Balaban J connectivity index is 1.81. The van der Waals surface area contributed by atoms with E-state index in [1.165, 1.54) is 0 Å². The fourth-order valence-electron chi connectivity index (χ4n) is 2.49. The van der Waals surface area contributed by atoms with E-state index >= 15 is 0 Å². The van der Waals surface area contributed by atoms with Crippen molar-refractivity contribution >= 4 is 23.2 Å². The minimum atomic E-state index is -0.390. The molecule has 2 aromatic carbocycles. The van der Waals surface area contributed by atoms with Gasteiger partial charge in [0.25, 0.3) is 11.8 Å². The van der Waals surface area contributed by atoms with Gasteiger partial charge in [-0.3, -0.25) is 14.3 Å². The lowest BCUT2D eigenvalue weighted by atomic mass is 10.2. The lowest BCUT2D eigenvalue weighted by molar-refractivity contribution is 0.102. The summed E-state index contributed by atoms with van der Waals surface area (Å²) in [4.78, 5) is 25.1. The number of ether oxygens (including phenoxy) is 1. The number of carbonyl (C=O) groups excluding carboxylic acids is 2. The van der Waals surface area contributed by atoms with Crippen LogP contribution in [-0.2, 0) is 6.54 Å². The number of aryl methyl sites for hydroxylation is 1. The molecule has 2 amide bonds. The lowest BCUT2D eigenvalue weighted by Crippen LogP contribution is -2.18. The Hall–Kier alpha value is -3.61. The number of nitrogens with zero attached hydrogens (tertiary/aromatic N) is 2. The van der Waals surface area contributed by atoms with E-state index in [1.54, 1.807) is 54.4 Å². The van der Waals surface area contributed by atoms with Crippen molar-refractivity contribution in [2.24, 2.45) is 0 Å². The molecule has 1 heterocycles. The maximum Gasteiger partial charge on any atom is 0.278 e. The topological polar surface area (TPSA) is 85.2 Å². The molecule has 7 heteroatoms. The zero-order valence-corrected chi connectivity index (χ0v) is 15.1. The standard InChI is InChI=1S/C20H20N4O3/c1-3-24-13-17(22-19(25)14-9-11-16(27-2)12-10-14)18(23-24)20(26)21-15-7-5-4-6-8-15/h4-13H,3H2,1-2H3,(H,21,26)(H,22,25). The summed E-state index contributed by atoms with van der Waals surface area (Å²) in [6.45, 7) is 2.48. The van der Waals surface area contributed by atoms with Gasteiger partial charge < -0.3 is 15.4 Å². The predicted octanol–water partition coefficient (Wildman–Crippen LogP) is 3.42. The minimum absolute atomic E-state index is 0.155. The third-order valence-corrected chi connectivity index (χ3v) is 3.93. The van der Waals surface area contributed by atoms with Crippen LogP contribution in [0.4, 0.5) is 11.4 Å². The molecule has 1 aromatic heterocycles. The second-order valence-corrected chi connectivity index (χ2v) is 5.75. The zero-order valence-electron chi connectivity index (χ0n) is 15.1. The molecule has 0 aliphatic carbocycles. The molecule has 0 radical (unpaired) electrons. The van der Waals surface area contributed by atoms with Crippen molar-refractivity contribution in [1.82, 2.24) is 9.78 Å². The van der Waals surface area contributed by atoms with Crippen LogP contribution < -0.4 is 15.4 Å². The maximum atomic E-state index is 12.6. The molecule has 0 bridgehead atoms. The van der Waals surface area contributed by atoms with Crippen LogP contribution in [0.25, 0.3) is 0 Å². The Morgan fingerprint density at radius 1 is 1.00 bits per heavy atom. The van der Waals surface area contributed by atoms with E-state index in [2.05, 4.69) is 15.7 Å². The van der Waals surface area contributed by atoms with Crippen molar-refractivity contribution in [3.63, 3.8) is 0 Å². The molecule has 0 saturated heterocycles. The third kappa shape index (κ3) is 4.33. The van der Waals surface area contributed by atoms with Gasteiger partial charge in [-0.1, -0.05) is 18.2 Å². The lowest BCUT2D eigenvalue weighted by Gasteiger charge is -2.07. The fraction of sp³-hybridized carbons (Fsp3) is 0.150. The van der Waals surface area contributed by atoms with E-state index in [1.807, 2.05) is 25.1 Å². The molecule has 3 aromatic rings. The molecular weight excluding hydrogens is 344 g/mol. The number of anilines is 2. The third-order valence-electron chi connectivity index (χ3n) is 3.93. The molecule has 7 nitrogen and oxygen atoms in total. The van der Waals surface area contributed by atoms with Crippen LogP contribution in [0, 0.1) is 0 Å². The molecule has 138 valence electrons. The number of para-hydroxylation sites is 1. The molecule has 0 atom stereocenters. The Morgan fingerprint density at radius 3 is 2.33 bits per heavy atom. The number of methoxy groups -OCH3 is 1. The molecule has 0 saturated carbocycles. The van der Waals surface area contributed by atoms with Crippen molar-refractivity contribution in [3.05, 3.63) is 72.1 Å². The summed E-state index contributed by atoms with van der Waals surface area (Å²) < 4.78 is 6.70. The Morgan fingerprint density at radius 2 is 1.70 bits per heavy atom. The number of benzene rings is 2. The van der Waals surface area contributed by atoms with Gasteiger partial charge in [-0.05, 0) is 43.3 Å². The van der Waals surface area contributed by atoms with Gasteiger partial charge in [0.2, 0.25) is 0 Å². The average Bonchev–Trinajstić information content (AvgIpc) is 3.12. The van der Waals surface area contributed by atoms with E-state index in [9.17, 15) is 9.59 Å². The van der Waals surface area contributed by atoms with Crippen molar-refractivity contribution in [2.75, 3.05) is 17.7 Å². The number of hydrogen-bond donors (Lipinski definition) is 2. The van der Waals surface area contributed by atoms with E-state index in [0.717, 1.165) is 0 Å². The molecule has 0 fully saturated rings. The summed E-state index contributed by atoms with van der Waals surface area (Å²) in [6, 6.07) is 15.8. The van der Waals surface area contributed by atoms with Gasteiger partial charge in [0.15, 0.2) is 5.69 Å². The molecule has 3 rings (SSSR count). The first-order valence-electron chi connectivity index (χ1n) is 8.50. The predicted molar refractivity (Wildman–Crippen MR) is 103 cm³/mol. The van der Waals surface area contributed by atoms with Crippen LogP contribution in [0.3, 0.4) is 0 Å². The average molecular weight is 364 g/mol. The van der Waals surface area contributed by atoms with Gasteiger partial charge in [-0.15, -0.1) is 0 Å². The Labute approximate surface area is 157 Å². The highest BCUT2D eigenvalue weighted by atomic mass is 16.5.